The molecule has 2 aliphatic rings. The molecule has 1 spiro atoms. The highest BCUT2D eigenvalue weighted by Gasteiger charge is 2.61. The number of imide groups is 1. The predicted molar refractivity (Wildman–Crippen MR) is 102 cm³/mol. The minimum atomic E-state index is -1.22. The summed E-state index contributed by atoms with van der Waals surface area (Å²) in [6.07, 6.45) is 0. The van der Waals surface area contributed by atoms with Gasteiger partial charge >= 0.3 is 0 Å². The summed E-state index contributed by atoms with van der Waals surface area (Å²) in [4.78, 5) is 39.9. The summed E-state index contributed by atoms with van der Waals surface area (Å²) < 4.78 is 0. The molecule has 2 aromatic carbocycles. The number of aryl methyl sites for hydroxylation is 2. The number of thioether (sulfide) groups is 1. The molecular weight excluding hydrogens is 348 g/mol. The van der Waals surface area contributed by atoms with Crippen LogP contribution in [0.4, 0.5) is 11.4 Å². The van der Waals surface area contributed by atoms with E-state index in [9.17, 15) is 14.4 Å². The number of benzene rings is 2. The third-order valence-electron chi connectivity index (χ3n) is 5.04. The van der Waals surface area contributed by atoms with Crippen molar-refractivity contribution in [3.05, 3.63) is 59.2 Å². The zero-order valence-electron chi connectivity index (χ0n) is 14.8. The van der Waals surface area contributed by atoms with E-state index in [2.05, 4.69) is 0 Å². The molecule has 2 heterocycles. The summed E-state index contributed by atoms with van der Waals surface area (Å²) in [6, 6.07) is 12.9. The molecule has 5 nitrogen and oxygen atoms in total. The lowest BCUT2D eigenvalue weighted by atomic mass is 10.0. The second-order valence-corrected chi connectivity index (χ2v) is 7.78. The standard InChI is InChI=1S/C20H18N2O3S/c1-12-8-9-15(10-13(12)2)22-18(24)11-26-20(22)16-6-4-5-7-17(16)21(14(3)23)19(20)25/h4-10H,11H2,1-3H3/t20-/m1/s1. The van der Waals surface area contributed by atoms with Gasteiger partial charge in [-0.15, -0.1) is 11.8 Å². The third-order valence-corrected chi connectivity index (χ3v) is 6.42. The molecule has 3 amide bonds. The van der Waals surface area contributed by atoms with Crippen LogP contribution in [0.2, 0.25) is 0 Å². The molecule has 132 valence electrons. The van der Waals surface area contributed by atoms with Gasteiger partial charge in [-0.2, -0.15) is 0 Å². The highest BCUT2D eigenvalue weighted by atomic mass is 32.2. The van der Waals surface area contributed by atoms with Gasteiger partial charge in [0.25, 0.3) is 5.91 Å². The van der Waals surface area contributed by atoms with Crippen LogP contribution < -0.4 is 9.80 Å². The number of carbonyl (C=O) groups is 3. The first kappa shape index (κ1) is 16.8. The molecule has 0 saturated carbocycles. The van der Waals surface area contributed by atoms with Gasteiger partial charge in [-0.3, -0.25) is 19.3 Å². The average Bonchev–Trinajstić information content (AvgIpc) is 3.07. The molecule has 0 unspecified atom stereocenters. The van der Waals surface area contributed by atoms with Crippen LogP contribution in [-0.2, 0) is 19.3 Å². The van der Waals surface area contributed by atoms with Crippen molar-refractivity contribution in [2.45, 2.75) is 25.6 Å². The van der Waals surface area contributed by atoms with Gasteiger partial charge in [-0.1, -0.05) is 24.3 Å². The Hall–Kier alpha value is -2.60. The molecule has 1 atom stereocenters. The zero-order chi connectivity index (χ0) is 18.6. The van der Waals surface area contributed by atoms with Crippen LogP contribution in [0.5, 0.6) is 0 Å². The van der Waals surface area contributed by atoms with E-state index in [-0.39, 0.29) is 23.5 Å². The lowest BCUT2D eigenvalue weighted by Gasteiger charge is -2.33. The lowest BCUT2D eigenvalue weighted by Crippen LogP contribution is -2.50. The number of amides is 3. The Labute approximate surface area is 156 Å². The van der Waals surface area contributed by atoms with Crippen molar-refractivity contribution in [2.24, 2.45) is 0 Å². The van der Waals surface area contributed by atoms with Crippen molar-refractivity contribution in [1.82, 2.24) is 0 Å². The number of hydrogen-bond acceptors (Lipinski definition) is 4. The first-order chi connectivity index (χ1) is 12.4. The highest BCUT2D eigenvalue weighted by molar-refractivity contribution is 8.02. The maximum Gasteiger partial charge on any atom is 0.275 e. The van der Waals surface area contributed by atoms with E-state index >= 15 is 0 Å². The van der Waals surface area contributed by atoms with Crippen molar-refractivity contribution in [3.63, 3.8) is 0 Å². The van der Waals surface area contributed by atoms with Crippen LogP contribution in [0.25, 0.3) is 0 Å². The topological polar surface area (TPSA) is 57.7 Å². The molecule has 26 heavy (non-hydrogen) atoms. The number of hydrogen-bond donors (Lipinski definition) is 0. The SMILES string of the molecule is CC(=O)N1C(=O)[C@]2(SCC(=O)N2c2ccc(C)c(C)c2)c2ccccc21. The van der Waals surface area contributed by atoms with Gasteiger partial charge in [0, 0.05) is 18.2 Å². The van der Waals surface area contributed by atoms with Crippen LogP contribution >= 0.6 is 11.8 Å². The lowest BCUT2D eigenvalue weighted by molar-refractivity contribution is -0.128. The van der Waals surface area contributed by atoms with Crippen molar-refractivity contribution in [3.8, 4) is 0 Å². The normalized spacial score (nSPS) is 21.7. The van der Waals surface area contributed by atoms with Gasteiger partial charge in [0.05, 0.1) is 11.4 Å². The third kappa shape index (κ3) is 2.08. The van der Waals surface area contributed by atoms with E-state index in [0.29, 0.717) is 16.9 Å². The molecule has 2 aliphatic heterocycles. The maximum absolute atomic E-state index is 13.4. The minimum Gasteiger partial charge on any atom is -0.283 e. The predicted octanol–water partition coefficient (Wildman–Crippen LogP) is 3.13. The molecule has 0 N–H and O–H groups in total. The van der Waals surface area contributed by atoms with E-state index in [1.807, 2.05) is 44.2 Å². The Kier molecular flexibility index (Phi) is 3.70. The smallest absolute Gasteiger partial charge is 0.275 e. The van der Waals surface area contributed by atoms with Crippen molar-refractivity contribution >= 4 is 40.9 Å². The van der Waals surface area contributed by atoms with Crippen LogP contribution in [0.1, 0.15) is 23.6 Å². The first-order valence-corrected chi connectivity index (χ1v) is 9.35. The average molecular weight is 366 g/mol. The van der Waals surface area contributed by atoms with Crippen molar-refractivity contribution in [2.75, 3.05) is 15.6 Å². The molecular formula is C20H18N2O3S. The van der Waals surface area contributed by atoms with Gasteiger partial charge in [-0.05, 0) is 43.2 Å². The Morgan fingerprint density at radius 1 is 1.08 bits per heavy atom. The second-order valence-electron chi connectivity index (χ2n) is 6.61. The quantitative estimate of drug-likeness (QED) is 0.778. The van der Waals surface area contributed by atoms with Gasteiger partial charge in [0.1, 0.15) is 0 Å². The fourth-order valence-corrected chi connectivity index (χ4v) is 5.00. The summed E-state index contributed by atoms with van der Waals surface area (Å²) in [5, 5.41) is 0. The molecule has 6 heteroatoms. The monoisotopic (exact) mass is 366 g/mol. The number of rotatable bonds is 1. The Morgan fingerprint density at radius 3 is 2.50 bits per heavy atom. The minimum absolute atomic E-state index is 0.133. The fraction of sp³-hybridized carbons (Fsp3) is 0.250. The summed E-state index contributed by atoms with van der Waals surface area (Å²) in [6.45, 7) is 5.35. The molecule has 0 radical (unpaired) electrons. The Morgan fingerprint density at radius 2 is 1.81 bits per heavy atom. The number of para-hydroxylation sites is 1. The van der Waals surface area contributed by atoms with Crippen LogP contribution in [-0.4, -0.2) is 23.5 Å². The molecule has 0 aromatic heterocycles. The summed E-state index contributed by atoms with van der Waals surface area (Å²) in [7, 11) is 0. The maximum atomic E-state index is 13.4. The largest absolute Gasteiger partial charge is 0.283 e. The van der Waals surface area contributed by atoms with Gasteiger partial charge in [0.2, 0.25) is 16.7 Å². The molecule has 1 fully saturated rings. The van der Waals surface area contributed by atoms with Crippen molar-refractivity contribution < 1.29 is 14.4 Å². The van der Waals surface area contributed by atoms with Gasteiger partial charge in [0.15, 0.2) is 0 Å². The molecule has 0 bridgehead atoms. The van der Waals surface area contributed by atoms with E-state index in [4.69, 9.17) is 0 Å². The Balaban J connectivity index is 1.96. The zero-order valence-corrected chi connectivity index (χ0v) is 15.6. The van der Waals surface area contributed by atoms with E-state index in [1.54, 1.807) is 17.0 Å². The molecule has 0 aliphatic carbocycles. The first-order valence-electron chi connectivity index (χ1n) is 8.37. The number of nitrogens with zero attached hydrogens (tertiary/aromatic N) is 2. The van der Waals surface area contributed by atoms with Crippen LogP contribution in [0.3, 0.4) is 0 Å². The number of carbonyl (C=O) groups excluding carboxylic acids is 3. The summed E-state index contributed by atoms with van der Waals surface area (Å²) in [5.74, 6) is -0.662. The molecule has 1 saturated heterocycles. The second kappa shape index (κ2) is 5.71. The Bertz CT molecular complexity index is 971. The van der Waals surface area contributed by atoms with Gasteiger partial charge < -0.3 is 0 Å². The van der Waals surface area contributed by atoms with Crippen LogP contribution in [0, 0.1) is 13.8 Å². The van der Waals surface area contributed by atoms with E-state index < -0.39 is 4.87 Å². The molecule has 4 rings (SSSR count). The van der Waals surface area contributed by atoms with Gasteiger partial charge in [-0.25, -0.2) is 4.90 Å². The summed E-state index contributed by atoms with van der Waals surface area (Å²) in [5.41, 5.74) is 4.09. The molecule has 2 aromatic rings. The van der Waals surface area contributed by atoms with E-state index in [0.717, 1.165) is 11.1 Å². The van der Waals surface area contributed by atoms with E-state index in [1.165, 1.54) is 23.6 Å². The fourth-order valence-electron chi connectivity index (χ4n) is 3.66. The van der Waals surface area contributed by atoms with Crippen LogP contribution in [0.15, 0.2) is 42.5 Å². The number of anilines is 2. The highest BCUT2D eigenvalue weighted by Crippen LogP contribution is 2.55. The summed E-state index contributed by atoms with van der Waals surface area (Å²) >= 11 is 1.28. The van der Waals surface area contributed by atoms with Crippen molar-refractivity contribution in [1.29, 1.82) is 0 Å². The number of fused-ring (bicyclic) bond motifs is 2.